The lowest BCUT2D eigenvalue weighted by Gasteiger charge is -2.22. The minimum absolute atomic E-state index is 0.167. The number of aromatic nitrogens is 2. The van der Waals surface area contributed by atoms with Crippen LogP contribution in [-0.2, 0) is 4.79 Å². The van der Waals surface area contributed by atoms with Gasteiger partial charge in [0.15, 0.2) is 0 Å². The Hall–Kier alpha value is -1.68. The van der Waals surface area contributed by atoms with Crippen LogP contribution < -0.4 is 5.32 Å². The highest BCUT2D eigenvalue weighted by molar-refractivity contribution is 5.81. The molecular formula is C12H13N3O. The van der Waals surface area contributed by atoms with Crippen LogP contribution in [0.5, 0.6) is 0 Å². The summed E-state index contributed by atoms with van der Waals surface area (Å²) in [7, 11) is 0. The van der Waals surface area contributed by atoms with Crippen LogP contribution in [0.3, 0.4) is 0 Å². The number of benzene rings is 1. The third-order valence-electron chi connectivity index (χ3n) is 3.09. The number of hydrogen-bond donors (Lipinski definition) is 2. The summed E-state index contributed by atoms with van der Waals surface area (Å²) in [5, 5.41) is 11.4. The predicted molar refractivity (Wildman–Crippen MR) is 61.1 cm³/mol. The SMILES string of the molecule is O=C1CCN[C@H](c2ccc3[nH]ncc3c2)C1. The average Bonchev–Trinajstić information content (AvgIpc) is 2.75. The molecule has 0 unspecified atom stereocenters. The van der Waals surface area contributed by atoms with Gasteiger partial charge in [0.25, 0.3) is 0 Å². The molecule has 0 saturated carbocycles. The molecule has 4 nitrogen and oxygen atoms in total. The molecule has 0 aliphatic carbocycles. The zero-order valence-electron chi connectivity index (χ0n) is 8.86. The van der Waals surface area contributed by atoms with Gasteiger partial charge in [-0.15, -0.1) is 0 Å². The number of fused-ring (bicyclic) bond motifs is 1. The lowest BCUT2D eigenvalue weighted by molar-refractivity contribution is -0.120. The van der Waals surface area contributed by atoms with E-state index in [0.29, 0.717) is 18.6 Å². The third kappa shape index (κ3) is 1.61. The number of Topliss-reactive ketones (excluding diaryl/α,β-unsaturated/α-hetero) is 1. The second-order valence-electron chi connectivity index (χ2n) is 4.22. The van der Waals surface area contributed by atoms with Gasteiger partial charge in [0.2, 0.25) is 0 Å². The maximum Gasteiger partial charge on any atom is 0.136 e. The van der Waals surface area contributed by atoms with Gasteiger partial charge in [-0.25, -0.2) is 0 Å². The van der Waals surface area contributed by atoms with Gasteiger partial charge in [0.05, 0.1) is 11.7 Å². The fourth-order valence-corrected chi connectivity index (χ4v) is 2.20. The first kappa shape index (κ1) is 9.54. The number of aromatic amines is 1. The summed E-state index contributed by atoms with van der Waals surface area (Å²) in [5.74, 6) is 0.344. The first-order chi connectivity index (χ1) is 7.83. The molecule has 0 radical (unpaired) electrons. The van der Waals surface area contributed by atoms with Crippen LogP contribution in [0.25, 0.3) is 10.9 Å². The summed E-state index contributed by atoms with van der Waals surface area (Å²) < 4.78 is 0. The molecule has 4 heteroatoms. The van der Waals surface area contributed by atoms with Gasteiger partial charge in [0.1, 0.15) is 5.78 Å². The number of nitrogens with zero attached hydrogens (tertiary/aromatic N) is 1. The Morgan fingerprint density at radius 2 is 2.31 bits per heavy atom. The summed E-state index contributed by atoms with van der Waals surface area (Å²) in [5.41, 5.74) is 2.20. The first-order valence-electron chi connectivity index (χ1n) is 5.51. The highest BCUT2D eigenvalue weighted by Gasteiger charge is 2.20. The molecule has 1 saturated heterocycles. The molecule has 1 aromatic heterocycles. The van der Waals surface area contributed by atoms with E-state index < -0.39 is 0 Å². The minimum atomic E-state index is 0.167. The van der Waals surface area contributed by atoms with Crippen molar-refractivity contribution in [3.05, 3.63) is 30.0 Å². The maximum atomic E-state index is 11.4. The number of rotatable bonds is 1. The molecule has 1 fully saturated rings. The molecule has 3 rings (SSSR count). The number of hydrogen-bond acceptors (Lipinski definition) is 3. The molecule has 1 atom stereocenters. The van der Waals surface area contributed by atoms with Gasteiger partial charge in [-0.2, -0.15) is 5.10 Å². The van der Waals surface area contributed by atoms with Gasteiger partial charge >= 0.3 is 0 Å². The van der Waals surface area contributed by atoms with Crippen molar-refractivity contribution in [2.45, 2.75) is 18.9 Å². The van der Waals surface area contributed by atoms with E-state index in [4.69, 9.17) is 0 Å². The fraction of sp³-hybridized carbons (Fsp3) is 0.333. The quantitative estimate of drug-likeness (QED) is 0.759. The number of carbonyl (C=O) groups is 1. The molecule has 1 aromatic carbocycles. The van der Waals surface area contributed by atoms with E-state index in [-0.39, 0.29) is 6.04 Å². The molecule has 2 aromatic rings. The number of nitrogens with one attached hydrogen (secondary N) is 2. The average molecular weight is 215 g/mol. The molecule has 16 heavy (non-hydrogen) atoms. The zero-order valence-corrected chi connectivity index (χ0v) is 8.86. The standard InChI is InChI=1S/C12H13N3O/c16-10-3-4-13-12(6-10)8-1-2-11-9(5-8)7-14-15-11/h1-2,5,7,12-13H,3-4,6H2,(H,14,15)/t12-/m0/s1. The molecule has 2 heterocycles. The van der Waals surface area contributed by atoms with E-state index in [2.05, 4.69) is 27.6 Å². The Kier molecular flexibility index (Phi) is 2.22. The lowest BCUT2D eigenvalue weighted by Crippen LogP contribution is -2.31. The molecule has 0 amide bonds. The Morgan fingerprint density at radius 3 is 3.19 bits per heavy atom. The van der Waals surface area contributed by atoms with Crippen molar-refractivity contribution in [1.29, 1.82) is 0 Å². The Bertz CT molecular complexity index is 532. The van der Waals surface area contributed by atoms with E-state index in [1.165, 1.54) is 5.56 Å². The van der Waals surface area contributed by atoms with Crippen molar-refractivity contribution in [2.24, 2.45) is 0 Å². The van der Waals surface area contributed by atoms with Crippen molar-refractivity contribution in [3.63, 3.8) is 0 Å². The molecule has 82 valence electrons. The highest BCUT2D eigenvalue weighted by atomic mass is 16.1. The minimum Gasteiger partial charge on any atom is -0.309 e. The van der Waals surface area contributed by atoms with Crippen molar-refractivity contribution < 1.29 is 4.79 Å². The summed E-state index contributed by atoms with van der Waals surface area (Å²) >= 11 is 0. The molecular weight excluding hydrogens is 202 g/mol. The normalized spacial score (nSPS) is 21.5. The van der Waals surface area contributed by atoms with Gasteiger partial charge in [-0.1, -0.05) is 6.07 Å². The van der Waals surface area contributed by atoms with Gasteiger partial charge in [0, 0.05) is 30.8 Å². The van der Waals surface area contributed by atoms with Crippen LogP contribution in [0.2, 0.25) is 0 Å². The molecule has 1 aliphatic rings. The van der Waals surface area contributed by atoms with Crippen molar-refractivity contribution in [1.82, 2.24) is 15.5 Å². The van der Waals surface area contributed by atoms with Crippen LogP contribution in [0, 0.1) is 0 Å². The lowest BCUT2D eigenvalue weighted by atomic mass is 9.96. The summed E-state index contributed by atoms with van der Waals surface area (Å²) in [6, 6.07) is 6.32. The zero-order chi connectivity index (χ0) is 11.0. The molecule has 2 N–H and O–H groups in total. The number of carbonyl (C=O) groups excluding carboxylic acids is 1. The van der Waals surface area contributed by atoms with Gasteiger partial charge in [-0.05, 0) is 17.7 Å². The third-order valence-corrected chi connectivity index (χ3v) is 3.09. The van der Waals surface area contributed by atoms with Gasteiger partial charge in [-0.3, -0.25) is 9.89 Å². The predicted octanol–water partition coefficient (Wildman–Crippen LogP) is 1.56. The molecule has 0 spiro atoms. The smallest absolute Gasteiger partial charge is 0.136 e. The van der Waals surface area contributed by atoms with Crippen LogP contribution in [-0.4, -0.2) is 22.5 Å². The summed E-state index contributed by atoms with van der Waals surface area (Å²) in [4.78, 5) is 11.4. The van der Waals surface area contributed by atoms with Crippen LogP contribution in [0.15, 0.2) is 24.4 Å². The summed E-state index contributed by atoms with van der Waals surface area (Å²) in [6.07, 6.45) is 3.07. The van der Waals surface area contributed by atoms with Gasteiger partial charge < -0.3 is 5.32 Å². The van der Waals surface area contributed by atoms with E-state index in [1.807, 2.05) is 12.3 Å². The second kappa shape index (κ2) is 3.72. The summed E-state index contributed by atoms with van der Waals surface area (Å²) in [6.45, 7) is 0.785. The number of H-pyrrole nitrogens is 1. The van der Waals surface area contributed by atoms with E-state index in [9.17, 15) is 4.79 Å². The topological polar surface area (TPSA) is 57.8 Å². The Morgan fingerprint density at radius 1 is 1.38 bits per heavy atom. The van der Waals surface area contributed by atoms with Crippen LogP contribution in [0.1, 0.15) is 24.4 Å². The fourth-order valence-electron chi connectivity index (χ4n) is 2.20. The van der Waals surface area contributed by atoms with E-state index >= 15 is 0 Å². The maximum absolute atomic E-state index is 11.4. The highest BCUT2D eigenvalue weighted by Crippen LogP contribution is 2.23. The van der Waals surface area contributed by atoms with Crippen LogP contribution >= 0.6 is 0 Å². The monoisotopic (exact) mass is 215 g/mol. The Balaban J connectivity index is 1.95. The van der Waals surface area contributed by atoms with E-state index in [0.717, 1.165) is 17.4 Å². The van der Waals surface area contributed by atoms with Crippen LogP contribution in [0.4, 0.5) is 0 Å². The molecule has 0 bridgehead atoms. The largest absolute Gasteiger partial charge is 0.309 e. The van der Waals surface area contributed by atoms with Crippen molar-refractivity contribution in [2.75, 3.05) is 6.54 Å². The number of ketones is 1. The Labute approximate surface area is 93.0 Å². The number of piperidine rings is 1. The van der Waals surface area contributed by atoms with Crippen molar-refractivity contribution in [3.8, 4) is 0 Å². The first-order valence-corrected chi connectivity index (χ1v) is 5.51. The van der Waals surface area contributed by atoms with Crippen molar-refractivity contribution >= 4 is 16.7 Å². The second-order valence-corrected chi connectivity index (χ2v) is 4.22. The molecule has 1 aliphatic heterocycles. The van der Waals surface area contributed by atoms with E-state index in [1.54, 1.807) is 0 Å².